The fraction of sp³-hybridized carbons (Fsp3) is 0.300. The van der Waals surface area contributed by atoms with Crippen LogP contribution in [-0.2, 0) is 4.79 Å². The molecule has 2 heteroatoms. The van der Waals surface area contributed by atoms with E-state index in [1.54, 1.807) is 19.2 Å². The van der Waals surface area contributed by atoms with Crippen LogP contribution in [0.5, 0.6) is 0 Å². The largest absolute Gasteiger partial charge is 0.331 e. The fourth-order valence-corrected chi connectivity index (χ4v) is 0.591. The predicted molar refractivity (Wildman–Crippen MR) is 50.4 cm³/mol. The summed E-state index contributed by atoms with van der Waals surface area (Å²) in [6.45, 7) is 2.24. The van der Waals surface area contributed by atoms with E-state index in [9.17, 15) is 4.79 Å². The molecule has 0 radical (unpaired) electrons. The molecule has 0 saturated heterocycles. The van der Waals surface area contributed by atoms with Crippen LogP contribution in [0.4, 0.5) is 0 Å². The van der Waals surface area contributed by atoms with E-state index >= 15 is 0 Å². The number of hydrogen-bond donors (Lipinski definition) is 0. The number of allylic oxidation sites excluding steroid dienone is 3. The van der Waals surface area contributed by atoms with Crippen molar-refractivity contribution in [2.75, 3.05) is 13.6 Å². The zero-order valence-corrected chi connectivity index (χ0v) is 7.45. The van der Waals surface area contributed by atoms with Crippen molar-refractivity contribution in [3.63, 3.8) is 0 Å². The van der Waals surface area contributed by atoms with E-state index in [1.165, 1.54) is 11.0 Å². The third kappa shape index (κ3) is 4.35. The van der Waals surface area contributed by atoms with E-state index in [1.807, 2.05) is 13.0 Å². The van der Waals surface area contributed by atoms with Gasteiger partial charge in [-0.25, -0.2) is 0 Å². The van der Waals surface area contributed by atoms with Gasteiger partial charge >= 0.3 is 0 Å². The first-order chi connectivity index (χ1) is 5.72. The van der Waals surface area contributed by atoms with Gasteiger partial charge in [0.15, 0.2) is 0 Å². The summed E-state index contributed by atoms with van der Waals surface area (Å²) in [5.74, 6) is 2.31. The highest BCUT2D eigenvalue weighted by Crippen LogP contribution is 1.86. The third-order valence-corrected chi connectivity index (χ3v) is 1.25. The molecule has 0 unspecified atom stereocenters. The lowest BCUT2D eigenvalue weighted by molar-refractivity contribution is -0.124. The summed E-state index contributed by atoms with van der Waals surface area (Å²) < 4.78 is 0. The molecule has 0 spiro atoms. The van der Waals surface area contributed by atoms with E-state index in [-0.39, 0.29) is 5.91 Å². The lowest BCUT2D eigenvalue weighted by atomic mass is 10.4. The number of amides is 1. The number of rotatable bonds is 3. The average molecular weight is 163 g/mol. The highest BCUT2D eigenvalue weighted by molar-refractivity contribution is 5.87. The molecule has 12 heavy (non-hydrogen) atoms. The van der Waals surface area contributed by atoms with Crippen molar-refractivity contribution in [2.45, 2.75) is 6.92 Å². The van der Waals surface area contributed by atoms with Gasteiger partial charge in [-0.05, 0) is 6.92 Å². The average Bonchev–Trinajstić information content (AvgIpc) is 2.05. The molecule has 64 valence electrons. The Hall–Kier alpha value is -1.49. The van der Waals surface area contributed by atoms with Crippen LogP contribution in [0.25, 0.3) is 0 Å². The standard InChI is InChI=1S/C10H13NO/c1-4-6-7-8-10(12)11(3)9-5-2/h2,4,6-8H,9H2,1,3H3. The number of carbonyl (C=O) groups excluding carboxylic acids is 1. The second-order valence-electron chi connectivity index (χ2n) is 2.28. The maximum Gasteiger partial charge on any atom is 0.247 e. The zero-order chi connectivity index (χ0) is 9.40. The monoisotopic (exact) mass is 163 g/mol. The highest BCUT2D eigenvalue weighted by Gasteiger charge is 1.99. The van der Waals surface area contributed by atoms with E-state index in [2.05, 4.69) is 5.92 Å². The third-order valence-electron chi connectivity index (χ3n) is 1.25. The highest BCUT2D eigenvalue weighted by atomic mass is 16.2. The van der Waals surface area contributed by atoms with Crippen molar-refractivity contribution in [3.05, 3.63) is 24.3 Å². The van der Waals surface area contributed by atoms with Gasteiger partial charge in [0, 0.05) is 13.1 Å². The lowest BCUT2D eigenvalue weighted by Gasteiger charge is -2.09. The summed E-state index contributed by atoms with van der Waals surface area (Å²) in [6.07, 6.45) is 11.9. The Morgan fingerprint density at radius 3 is 2.75 bits per heavy atom. The molecule has 0 aromatic rings. The molecule has 0 fully saturated rings. The van der Waals surface area contributed by atoms with Gasteiger partial charge in [0.25, 0.3) is 0 Å². The summed E-state index contributed by atoms with van der Waals surface area (Å²) >= 11 is 0. The van der Waals surface area contributed by atoms with E-state index in [0.29, 0.717) is 6.54 Å². The molecule has 0 N–H and O–H groups in total. The maximum absolute atomic E-state index is 11.1. The number of carbonyl (C=O) groups is 1. The first kappa shape index (κ1) is 10.5. The topological polar surface area (TPSA) is 20.3 Å². The van der Waals surface area contributed by atoms with Gasteiger partial charge in [-0.15, -0.1) is 6.42 Å². The Labute approximate surface area is 73.6 Å². The van der Waals surface area contributed by atoms with Crippen molar-refractivity contribution in [1.29, 1.82) is 0 Å². The molecule has 1 amide bonds. The lowest BCUT2D eigenvalue weighted by Crippen LogP contribution is -2.24. The quantitative estimate of drug-likeness (QED) is 0.348. The molecule has 0 rings (SSSR count). The Morgan fingerprint density at radius 1 is 1.58 bits per heavy atom. The summed E-state index contributed by atoms with van der Waals surface area (Å²) in [5, 5.41) is 0. The Kier molecular flexibility index (Phi) is 5.46. The molecule has 0 aliphatic carbocycles. The van der Waals surface area contributed by atoms with Gasteiger partial charge in [0.1, 0.15) is 0 Å². The Balaban J connectivity index is 3.96. The first-order valence-corrected chi connectivity index (χ1v) is 3.70. The van der Waals surface area contributed by atoms with E-state index in [0.717, 1.165) is 0 Å². The summed E-state index contributed by atoms with van der Waals surface area (Å²) in [4.78, 5) is 12.6. The van der Waals surface area contributed by atoms with Gasteiger partial charge in [-0.2, -0.15) is 0 Å². The molecule has 0 aliphatic rings. The summed E-state index contributed by atoms with van der Waals surface area (Å²) in [5.41, 5.74) is 0. The number of hydrogen-bond acceptors (Lipinski definition) is 1. The predicted octanol–water partition coefficient (Wildman–Crippen LogP) is 1.21. The van der Waals surface area contributed by atoms with Crippen molar-refractivity contribution >= 4 is 5.91 Å². The second kappa shape index (κ2) is 6.23. The number of terminal acetylenes is 1. The van der Waals surface area contributed by atoms with Crippen LogP contribution in [0, 0.1) is 12.3 Å². The molecule has 0 bridgehead atoms. The van der Waals surface area contributed by atoms with Crippen LogP contribution in [-0.4, -0.2) is 24.4 Å². The van der Waals surface area contributed by atoms with E-state index in [4.69, 9.17) is 6.42 Å². The van der Waals surface area contributed by atoms with Crippen molar-refractivity contribution in [3.8, 4) is 12.3 Å². The Morgan fingerprint density at radius 2 is 2.25 bits per heavy atom. The molecule has 0 aromatic carbocycles. The van der Waals surface area contributed by atoms with Gasteiger partial charge in [-0.1, -0.05) is 24.1 Å². The molecular weight excluding hydrogens is 150 g/mol. The summed E-state index contributed by atoms with van der Waals surface area (Å²) in [7, 11) is 1.67. The summed E-state index contributed by atoms with van der Waals surface area (Å²) in [6, 6.07) is 0. The minimum Gasteiger partial charge on any atom is -0.331 e. The van der Waals surface area contributed by atoms with Gasteiger partial charge in [0.2, 0.25) is 5.91 Å². The zero-order valence-electron chi connectivity index (χ0n) is 7.45. The number of nitrogens with zero attached hydrogens (tertiary/aromatic N) is 1. The number of likely N-dealkylation sites (N-methyl/N-ethyl adjacent to an activating group) is 1. The minimum absolute atomic E-state index is 0.0777. The molecule has 0 saturated carbocycles. The molecule has 2 nitrogen and oxygen atoms in total. The van der Waals surface area contributed by atoms with Crippen LogP contribution >= 0.6 is 0 Å². The SMILES string of the molecule is C#CCN(C)C(=O)C=CC=CC. The van der Waals surface area contributed by atoms with Crippen molar-refractivity contribution < 1.29 is 4.79 Å². The fourth-order valence-electron chi connectivity index (χ4n) is 0.591. The first-order valence-electron chi connectivity index (χ1n) is 3.70. The van der Waals surface area contributed by atoms with Crippen LogP contribution < -0.4 is 0 Å². The molecule has 0 aromatic heterocycles. The van der Waals surface area contributed by atoms with Crippen LogP contribution in [0.15, 0.2) is 24.3 Å². The smallest absolute Gasteiger partial charge is 0.247 e. The second-order valence-corrected chi connectivity index (χ2v) is 2.28. The van der Waals surface area contributed by atoms with Crippen LogP contribution in [0.2, 0.25) is 0 Å². The molecule has 0 heterocycles. The van der Waals surface area contributed by atoms with Crippen molar-refractivity contribution in [1.82, 2.24) is 4.90 Å². The van der Waals surface area contributed by atoms with Crippen LogP contribution in [0.3, 0.4) is 0 Å². The Bertz CT molecular complexity index is 233. The van der Waals surface area contributed by atoms with Crippen molar-refractivity contribution in [2.24, 2.45) is 0 Å². The minimum atomic E-state index is -0.0777. The molecule has 0 atom stereocenters. The van der Waals surface area contributed by atoms with Gasteiger partial charge in [-0.3, -0.25) is 4.79 Å². The molecular formula is C10H13NO. The van der Waals surface area contributed by atoms with Gasteiger partial charge < -0.3 is 4.90 Å². The van der Waals surface area contributed by atoms with E-state index < -0.39 is 0 Å². The van der Waals surface area contributed by atoms with Crippen LogP contribution in [0.1, 0.15) is 6.92 Å². The maximum atomic E-state index is 11.1. The normalized spacial score (nSPS) is 10.4. The van der Waals surface area contributed by atoms with Gasteiger partial charge in [0.05, 0.1) is 6.54 Å². The molecule has 0 aliphatic heterocycles.